The van der Waals surface area contributed by atoms with Crippen molar-refractivity contribution >= 4 is 5.78 Å². The van der Waals surface area contributed by atoms with Crippen LogP contribution in [-0.2, 0) is 11.3 Å². The van der Waals surface area contributed by atoms with E-state index in [0.717, 1.165) is 25.5 Å². The van der Waals surface area contributed by atoms with Crippen LogP contribution >= 0.6 is 0 Å². The molecule has 0 bridgehead atoms. The lowest BCUT2D eigenvalue weighted by Crippen LogP contribution is -2.26. The maximum Gasteiger partial charge on any atom is 0.132 e. The predicted octanol–water partition coefficient (Wildman–Crippen LogP) is 2.81. The Morgan fingerprint density at radius 2 is 1.94 bits per heavy atom. The van der Waals surface area contributed by atoms with E-state index >= 15 is 0 Å². The Kier molecular flexibility index (Phi) is 4.42. The lowest BCUT2D eigenvalue weighted by molar-refractivity contribution is -0.120. The molecule has 1 aliphatic rings. The summed E-state index contributed by atoms with van der Waals surface area (Å²) < 4.78 is 26.0. The fourth-order valence-electron chi connectivity index (χ4n) is 2.28. The van der Waals surface area contributed by atoms with Crippen molar-refractivity contribution in [3.05, 3.63) is 35.4 Å². The molecule has 1 saturated carbocycles. The number of hydrogen-bond acceptors (Lipinski definition) is 2. The molecule has 1 N–H and O–H groups in total. The fourth-order valence-corrected chi connectivity index (χ4v) is 2.28. The van der Waals surface area contributed by atoms with E-state index in [-0.39, 0.29) is 0 Å². The first-order valence-electron chi connectivity index (χ1n) is 6.31. The van der Waals surface area contributed by atoms with Crippen LogP contribution in [-0.4, -0.2) is 12.3 Å². The van der Waals surface area contributed by atoms with Crippen LogP contribution in [0.15, 0.2) is 18.2 Å². The van der Waals surface area contributed by atoms with Crippen LogP contribution in [0.25, 0.3) is 0 Å². The molecular formula is C14H17F2NO. The van der Waals surface area contributed by atoms with Gasteiger partial charge in [-0.15, -0.1) is 0 Å². The standard InChI is InChI=1S/C14H17F2NO/c15-12-4-3-11(14(16)7-12)9-17-8-10-1-5-13(18)6-2-10/h3-4,7,10,17H,1-2,5-6,8-9H2. The Morgan fingerprint density at radius 3 is 2.61 bits per heavy atom. The number of carbonyl (C=O) groups excluding carboxylic acids is 1. The van der Waals surface area contributed by atoms with E-state index in [1.165, 1.54) is 12.1 Å². The third-order valence-corrected chi connectivity index (χ3v) is 3.43. The second kappa shape index (κ2) is 6.05. The summed E-state index contributed by atoms with van der Waals surface area (Å²) in [7, 11) is 0. The number of halogens is 2. The van der Waals surface area contributed by atoms with E-state index in [0.29, 0.717) is 36.7 Å². The van der Waals surface area contributed by atoms with Gasteiger partial charge in [0.1, 0.15) is 17.4 Å². The van der Waals surface area contributed by atoms with Crippen molar-refractivity contribution in [2.24, 2.45) is 5.92 Å². The first-order chi connectivity index (χ1) is 8.65. The van der Waals surface area contributed by atoms with Gasteiger partial charge in [0, 0.05) is 31.0 Å². The second-order valence-electron chi connectivity index (χ2n) is 4.85. The van der Waals surface area contributed by atoms with E-state index in [4.69, 9.17) is 0 Å². The number of Topliss-reactive ketones (excluding diaryl/α,β-unsaturated/α-hetero) is 1. The summed E-state index contributed by atoms with van der Waals surface area (Å²) in [6.07, 6.45) is 3.16. The van der Waals surface area contributed by atoms with Crippen molar-refractivity contribution in [3.8, 4) is 0 Å². The van der Waals surface area contributed by atoms with E-state index in [1.54, 1.807) is 0 Å². The van der Waals surface area contributed by atoms with Gasteiger partial charge in [-0.1, -0.05) is 6.07 Å². The molecule has 0 unspecified atom stereocenters. The van der Waals surface area contributed by atoms with Gasteiger partial charge in [0.15, 0.2) is 0 Å². The molecule has 1 aromatic carbocycles. The first-order valence-corrected chi connectivity index (χ1v) is 6.31. The Balaban J connectivity index is 1.76. The smallest absolute Gasteiger partial charge is 0.132 e. The molecule has 1 aliphatic carbocycles. The van der Waals surface area contributed by atoms with Gasteiger partial charge in [-0.3, -0.25) is 4.79 Å². The number of nitrogens with one attached hydrogen (secondary N) is 1. The minimum atomic E-state index is -0.554. The summed E-state index contributed by atoms with van der Waals surface area (Å²) in [5, 5.41) is 3.17. The van der Waals surface area contributed by atoms with Crippen LogP contribution < -0.4 is 5.32 Å². The highest BCUT2D eigenvalue weighted by molar-refractivity contribution is 5.79. The highest BCUT2D eigenvalue weighted by Gasteiger charge is 2.18. The third kappa shape index (κ3) is 3.60. The van der Waals surface area contributed by atoms with Crippen molar-refractivity contribution in [2.45, 2.75) is 32.2 Å². The zero-order valence-corrected chi connectivity index (χ0v) is 10.2. The fraction of sp³-hybridized carbons (Fsp3) is 0.500. The molecule has 1 fully saturated rings. The molecule has 0 amide bonds. The number of hydrogen-bond donors (Lipinski definition) is 1. The summed E-state index contributed by atoms with van der Waals surface area (Å²) >= 11 is 0. The second-order valence-corrected chi connectivity index (χ2v) is 4.85. The van der Waals surface area contributed by atoms with Crippen LogP contribution in [0.1, 0.15) is 31.2 Å². The SMILES string of the molecule is O=C1CCC(CNCc2ccc(F)cc2F)CC1. The molecule has 18 heavy (non-hydrogen) atoms. The molecule has 0 aromatic heterocycles. The quantitative estimate of drug-likeness (QED) is 0.894. The average Bonchev–Trinajstić information content (AvgIpc) is 2.34. The summed E-state index contributed by atoms with van der Waals surface area (Å²) in [6, 6.07) is 3.62. The van der Waals surface area contributed by atoms with Gasteiger partial charge < -0.3 is 5.32 Å². The van der Waals surface area contributed by atoms with Crippen molar-refractivity contribution < 1.29 is 13.6 Å². The zero-order valence-electron chi connectivity index (χ0n) is 10.2. The van der Waals surface area contributed by atoms with Gasteiger partial charge in [-0.2, -0.15) is 0 Å². The van der Waals surface area contributed by atoms with Crippen LogP contribution in [0.2, 0.25) is 0 Å². The highest BCUT2D eigenvalue weighted by atomic mass is 19.1. The molecule has 4 heteroatoms. The highest BCUT2D eigenvalue weighted by Crippen LogP contribution is 2.20. The maximum absolute atomic E-state index is 13.3. The van der Waals surface area contributed by atoms with E-state index < -0.39 is 11.6 Å². The number of carbonyl (C=O) groups is 1. The minimum Gasteiger partial charge on any atom is -0.312 e. The van der Waals surface area contributed by atoms with Crippen LogP contribution in [0.3, 0.4) is 0 Å². The van der Waals surface area contributed by atoms with Crippen molar-refractivity contribution in [3.63, 3.8) is 0 Å². The minimum absolute atomic E-state index is 0.343. The van der Waals surface area contributed by atoms with Gasteiger partial charge in [-0.25, -0.2) is 8.78 Å². The summed E-state index contributed by atoms with van der Waals surface area (Å²) in [4.78, 5) is 11.1. The zero-order chi connectivity index (χ0) is 13.0. The Labute approximate surface area is 105 Å². The average molecular weight is 253 g/mol. The predicted molar refractivity (Wildman–Crippen MR) is 65.0 cm³/mol. The molecule has 2 rings (SSSR count). The third-order valence-electron chi connectivity index (χ3n) is 3.43. The molecule has 0 saturated heterocycles. The first kappa shape index (κ1) is 13.1. The normalized spacial score (nSPS) is 17.1. The number of rotatable bonds is 4. The Hall–Kier alpha value is -1.29. The lowest BCUT2D eigenvalue weighted by atomic mass is 9.88. The van der Waals surface area contributed by atoms with Crippen LogP contribution in [0.5, 0.6) is 0 Å². The van der Waals surface area contributed by atoms with E-state index in [1.807, 2.05) is 0 Å². The molecule has 0 aliphatic heterocycles. The molecule has 0 spiro atoms. The molecule has 0 heterocycles. The van der Waals surface area contributed by atoms with E-state index in [2.05, 4.69) is 5.32 Å². The lowest BCUT2D eigenvalue weighted by Gasteiger charge is -2.21. The monoisotopic (exact) mass is 253 g/mol. The Bertz CT molecular complexity index is 424. The van der Waals surface area contributed by atoms with E-state index in [9.17, 15) is 13.6 Å². The number of ketones is 1. The van der Waals surface area contributed by atoms with Crippen molar-refractivity contribution in [1.82, 2.24) is 5.32 Å². The van der Waals surface area contributed by atoms with Gasteiger partial charge >= 0.3 is 0 Å². The molecule has 0 radical (unpaired) electrons. The van der Waals surface area contributed by atoms with Crippen molar-refractivity contribution in [1.29, 1.82) is 0 Å². The molecule has 1 aromatic rings. The van der Waals surface area contributed by atoms with Crippen molar-refractivity contribution in [2.75, 3.05) is 6.54 Å². The van der Waals surface area contributed by atoms with Gasteiger partial charge in [0.2, 0.25) is 0 Å². The van der Waals surface area contributed by atoms with Gasteiger partial charge in [-0.05, 0) is 31.4 Å². The van der Waals surface area contributed by atoms with Gasteiger partial charge in [0.05, 0.1) is 0 Å². The molecular weight excluding hydrogens is 236 g/mol. The summed E-state index contributed by atoms with van der Waals surface area (Å²) in [5.74, 6) is -0.231. The molecule has 98 valence electrons. The topological polar surface area (TPSA) is 29.1 Å². The molecule has 0 atom stereocenters. The maximum atomic E-state index is 13.3. The van der Waals surface area contributed by atoms with Gasteiger partial charge in [0.25, 0.3) is 0 Å². The largest absolute Gasteiger partial charge is 0.312 e. The summed E-state index contributed by atoms with van der Waals surface area (Å²) in [5.41, 5.74) is 0.475. The van der Waals surface area contributed by atoms with Crippen LogP contribution in [0, 0.1) is 17.6 Å². The Morgan fingerprint density at radius 1 is 1.22 bits per heavy atom. The van der Waals surface area contributed by atoms with Crippen LogP contribution in [0.4, 0.5) is 8.78 Å². The number of benzene rings is 1. The molecule has 2 nitrogen and oxygen atoms in total. The summed E-state index contributed by atoms with van der Waals surface area (Å²) in [6.45, 7) is 1.18.